The van der Waals surface area contributed by atoms with Crippen molar-refractivity contribution in [2.24, 2.45) is 0 Å². The number of nitrogens with one attached hydrogen (secondary N) is 1. The molecule has 5 rings (SSSR count). The largest absolute Gasteiger partial charge is 0.711 e. The Kier molecular flexibility index (Phi) is 7.03. The smallest absolute Gasteiger partial charge is 0.416 e. The maximum atomic E-state index is 13.7. The molecule has 0 aliphatic rings. The first-order valence-corrected chi connectivity index (χ1v) is 12.2. The van der Waals surface area contributed by atoms with Gasteiger partial charge in [-0.1, -0.05) is 12.1 Å². The van der Waals surface area contributed by atoms with Crippen LogP contribution < -0.4 is 10.0 Å². The van der Waals surface area contributed by atoms with E-state index in [0.29, 0.717) is 33.3 Å². The van der Waals surface area contributed by atoms with Crippen molar-refractivity contribution in [2.45, 2.75) is 26.4 Å². The number of rotatable bonds is 7. The molecule has 1 N–H and O–H groups in total. The molecule has 11 heteroatoms. The Hall–Kier alpha value is -5.06. The van der Waals surface area contributed by atoms with E-state index >= 15 is 0 Å². The molecule has 2 aromatic carbocycles. The van der Waals surface area contributed by atoms with Crippen LogP contribution in [0.5, 0.6) is 0 Å². The van der Waals surface area contributed by atoms with Crippen LogP contribution in [0.4, 0.5) is 24.8 Å². The molecule has 0 unspecified atom stereocenters. The summed E-state index contributed by atoms with van der Waals surface area (Å²) in [5.74, 6) is -0.0601. The molecular weight excluding hydrogens is 521 g/mol. The number of nitrogens with zero attached hydrogens (tertiary/aromatic N) is 5. The topological polar surface area (TPSA) is 99.6 Å². The Morgan fingerprint density at radius 3 is 2.60 bits per heavy atom. The Morgan fingerprint density at radius 2 is 1.90 bits per heavy atom. The van der Waals surface area contributed by atoms with E-state index in [1.165, 1.54) is 16.8 Å². The molecular formula is C29H23F3N6O2. The number of alkyl halides is 3. The first-order chi connectivity index (χ1) is 19.1. The average molecular weight is 545 g/mol. The summed E-state index contributed by atoms with van der Waals surface area (Å²) in [7, 11) is 0. The van der Waals surface area contributed by atoms with Gasteiger partial charge in [-0.2, -0.15) is 13.2 Å². The van der Waals surface area contributed by atoms with E-state index < -0.39 is 11.7 Å². The maximum absolute atomic E-state index is 13.7. The maximum Gasteiger partial charge on any atom is 0.416 e. The fourth-order valence-electron chi connectivity index (χ4n) is 4.16. The molecule has 0 saturated carbocycles. The van der Waals surface area contributed by atoms with Crippen molar-refractivity contribution in [3.8, 4) is 16.9 Å². The predicted molar refractivity (Wildman–Crippen MR) is 142 cm³/mol. The minimum absolute atomic E-state index is 0.132. The van der Waals surface area contributed by atoms with E-state index in [0.717, 1.165) is 29.6 Å². The predicted octanol–water partition coefficient (Wildman–Crippen LogP) is 5.77. The van der Waals surface area contributed by atoms with Gasteiger partial charge in [0.25, 0.3) is 6.33 Å². The number of benzene rings is 2. The second-order valence-corrected chi connectivity index (χ2v) is 9.27. The number of hydrogen-bond acceptors (Lipinski definition) is 6. The molecule has 202 valence electrons. The van der Waals surface area contributed by atoms with Gasteiger partial charge in [0, 0.05) is 48.7 Å². The highest BCUT2D eigenvalue weighted by Gasteiger charge is 2.32. The molecule has 0 saturated heterocycles. The van der Waals surface area contributed by atoms with Crippen LogP contribution in [0, 0.1) is 19.1 Å². The number of hydrogen-bond donors (Lipinski definition) is 1. The third-order valence-electron chi connectivity index (χ3n) is 6.29. The van der Waals surface area contributed by atoms with Gasteiger partial charge in [-0.25, -0.2) is 19.3 Å². The molecule has 0 aliphatic heterocycles. The van der Waals surface area contributed by atoms with Crippen LogP contribution in [0.15, 0.2) is 85.7 Å². The molecule has 0 atom stereocenters. The molecule has 0 fully saturated rings. The fourth-order valence-corrected chi connectivity index (χ4v) is 4.16. The van der Waals surface area contributed by atoms with Gasteiger partial charge in [0.2, 0.25) is 5.95 Å². The molecule has 0 amide bonds. The molecule has 8 nitrogen and oxygen atoms in total. The number of pyridine rings is 1. The Morgan fingerprint density at radius 1 is 1.07 bits per heavy atom. The summed E-state index contributed by atoms with van der Waals surface area (Å²) >= 11 is 0. The molecule has 0 aliphatic carbocycles. The van der Waals surface area contributed by atoms with Crippen LogP contribution in [0.25, 0.3) is 16.9 Å². The SMILES string of the molecule is Cc1ccc(C(=O)Cc2cc(-n3cc(C)[n+]([O-])c3)cc(C(F)(F)F)c2)cc1Nc1nccc(-c2cccnc2)n1. The molecule has 0 radical (unpaired) electrons. The van der Waals surface area contributed by atoms with Gasteiger partial charge >= 0.3 is 6.18 Å². The fraction of sp³-hybridized carbons (Fsp3) is 0.138. The third-order valence-corrected chi connectivity index (χ3v) is 6.29. The second kappa shape index (κ2) is 10.6. The van der Waals surface area contributed by atoms with Crippen molar-refractivity contribution in [1.82, 2.24) is 19.5 Å². The number of Topliss-reactive ketones (excluding diaryl/α,β-unsaturated/α-hetero) is 1. The van der Waals surface area contributed by atoms with E-state index in [4.69, 9.17) is 0 Å². The van der Waals surface area contributed by atoms with E-state index in [2.05, 4.69) is 20.3 Å². The van der Waals surface area contributed by atoms with Crippen LogP contribution >= 0.6 is 0 Å². The number of carbonyl (C=O) groups is 1. The number of aryl methyl sites for hydroxylation is 2. The Balaban J connectivity index is 1.41. The van der Waals surface area contributed by atoms with Crippen LogP contribution in [0.2, 0.25) is 0 Å². The first kappa shape index (κ1) is 26.5. The van der Waals surface area contributed by atoms with Gasteiger partial charge in [-0.15, -0.1) is 0 Å². The van der Waals surface area contributed by atoms with E-state index in [-0.39, 0.29) is 23.5 Å². The molecule has 5 aromatic rings. The van der Waals surface area contributed by atoms with Crippen molar-refractivity contribution in [1.29, 1.82) is 0 Å². The van der Waals surface area contributed by atoms with Gasteiger partial charge in [0.1, 0.15) is 17.6 Å². The van der Waals surface area contributed by atoms with Gasteiger partial charge in [-0.05, 0) is 60.5 Å². The second-order valence-electron chi connectivity index (χ2n) is 9.27. The average Bonchev–Trinajstić information content (AvgIpc) is 3.28. The van der Waals surface area contributed by atoms with Gasteiger partial charge < -0.3 is 10.5 Å². The van der Waals surface area contributed by atoms with Crippen molar-refractivity contribution >= 4 is 17.4 Å². The standard InChI is InChI=1S/C29H23F3N6O2/c1-18-5-6-21(13-26(18)36-28-34-9-7-25(35-28)22-4-3-8-33-15-22)27(39)12-20-10-23(29(30,31)32)14-24(11-20)37-16-19(2)38(40)17-37/h3-11,13-17H,12H2,1-2H3,(H,34,35,36). The lowest BCUT2D eigenvalue weighted by atomic mass is 9.99. The lowest BCUT2D eigenvalue weighted by molar-refractivity contribution is -0.611. The molecule has 0 bridgehead atoms. The summed E-state index contributed by atoms with van der Waals surface area (Å²) in [5, 5.41) is 15.0. The molecule has 40 heavy (non-hydrogen) atoms. The zero-order valence-corrected chi connectivity index (χ0v) is 21.5. The zero-order valence-electron chi connectivity index (χ0n) is 21.5. The van der Waals surface area contributed by atoms with Crippen LogP contribution in [-0.4, -0.2) is 25.3 Å². The lowest BCUT2D eigenvalue weighted by Crippen LogP contribution is -2.25. The zero-order chi connectivity index (χ0) is 28.4. The minimum Gasteiger partial charge on any atom is -0.711 e. The summed E-state index contributed by atoms with van der Waals surface area (Å²) in [6.45, 7) is 3.40. The summed E-state index contributed by atoms with van der Waals surface area (Å²) in [6, 6.07) is 13.8. The van der Waals surface area contributed by atoms with Crippen LogP contribution in [0.3, 0.4) is 0 Å². The number of carbonyl (C=O) groups excluding carboxylic acids is 1. The summed E-state index contributed by atoms with van der Waals surface area (Å²) < 4.78 is 42.9. The van der Waals surface area contributed by atoms with E-state index in [9.17, 15) is 23.2 Å². The summed E-state index contributed by atoms with van der Waals surface area (Å²) in [6.07, 6.45) is 2.62. The monoisotopic (exact) mass is 544 g/mol. The first-order valence-electron chi connectivity index (χ1n) is 12.2. The van der Waals surface area contributed by atoms with E-state index in [1.807, 2.05) is 13.0 Å². The minimum atomic E-state index is -4.63. The molecule has 0 spiro atoms. The number of anilines is 2. The van der Waals surface area contributed by atoms with Crippen molar-refractivity contribution in [2.75, 3.05) is 5.32 Å². The number of imidazole rings is 1. The number of ketones is 1. The van der Waals surface area contributed by atoms with Crippen molar-refractivity contribution < 1.29 is 22.7 Å². The van der Waals surface area contributed by atoms with E-state index in [1.54, 1.807) is 55.8 Å². The van der Waals surface area contributed by atoms with Gasteiger partial charge in [-0.3, -0.25) is 9.78 Å². The summed E-state index contributed by atoms with van der Waals surface area (Å²) in [5.41, 5.74) is 2.91. The highest BCUT2D eigenvalue weighted by molar-refractivity contribution is 5.98. The normalized spacial score (nSPS) is 11.4. The van der Waals surface area contributed by atoms with Crippen LogP contribution in [0.1, 0.15) is 32.7 Å². The number of aromatic nitrogens is 5. The Bertz CT molecular complexity index is 1680. The van der Waals surface area contributed by atoms with Crippen LogP contribution in [-0.2, 0) is 12.6 Å². The number of halogens is 3. The highest BCUT2D eigenvalue weighted by Crippen LogP contribution is 2.32. The van der Waals surface area contributed by atoms with Crippen molar-refractivity contribution in [3.63, 3.8) is 0 Å². The Labute approximate surface area is 227 Å². The van der Waals surface area contributed by atoms with Gasteiger partial charge in [0.15, 0.2) is 5.78 Å². The lowest BCUT2D eigenvalue weighted by Gasteiger charge is -2.12. The quantitative estimate of drug-likeness (QED) is 0.159. The third kappa shape index (κ3) is 5.83. The summed E-state index contributed by atoms with van der Waals surface area (Å²) in [4.78, 5) is 26.1. The highest BCUT2D eigenvalue weighted by atomic mass is 19.4. The molecule has 3 aromatic heterocycles. The van der Waals surface area contributed by atoms with Crippen molar-refractivity contribution in [3.05, 3.63) is 119 Å². The van der Waals surface area contributed by atoms with Gasteiger partial charge in [0.05, 0.1) is 11.3 Å². The molecule has 3 heterocycles.